The van der Waals surface area contributed by atoms with Gasteiger partial charge in [0, 0.05) is 16.0 Å². The summed E-state index contributed by atoms with van der Waals surface area (Å²) in [5.41, 5.74) is 1.15. The molecule has 1 unspecified atom stereocenters. The smallest absolute Gasteiger partial charge is 0.328 e. The summed E-state index contributed by atoms with van der Waals surface area (Å²) in [7, 11) is 0. The highest BCUT2D eigenvalue weighted by Gasteiger charge is 2.28. The molecule has 0 bridgehead atoms. The first kappa shape index (κ1) is 15.7. The molecule has 124 valence electrons. The van der Waals surface area contributed by atoms with E-state index in [-0.39, 0.29) is 11.8 Å². The maximum absolute atomic E-state index is 12.4. The van der Waals surface area contributed by atoms with Gasteiger partial charge in [-0.3, -0.25) is 14.8 Å². The van der Waals surface area contributed by atoms with Gasteiger partial charge < -0.3 is 4.74 Å². The van der Waals surface area contributed by atoms with Crippen LogP contribution >= 0.6 is 15.9 Å². The Balaban J connectivity index is 1.93. The standard InChI is InChI=1S/C19H13BrN2O3/c20-13-8-6-11(7-9-13)14-10-15(12-4-2-1-3-5-12)25-18-16(14)17(23)21-19(24)22-18/h1-10,14H,(H2,21,22,23,24). The van der Waals surface area contributed by atoms with Crippen molar-refractivity contribution in [1.29, 1.82) is 0 Å². The number of ether oxygens (including phenoxy) is 1. The molecule has 0 amide bonds. The average Bonchev–Trinajstić information content (AvgIpc) is 2.62. The van der Waals surface area contributed by atoms with Crippen LogP contribution in [0.1, 0.15) is 22.6 Å². The van der Waals surface area contributed by atoms with E-state index in [0.717, 1.165) is 15.6 Å². The molecule has 0 saturated carbocycles. The number of hydrogen-bond acceptors (Lipinski definition) is 3. The molecule has 3 aromatic rings. The third-order valence-electron chi connectivity index (χ3n) is 4.07. The van der Waals surface area contributed by atoms with Crippen LogP contribution in [0.5, 0.6) is 5.88 Å². The Morgan fingerprint density at radius 2 is 1.64 bits per heavy atom. The predicted molar refractivity (Wildman–Crippen MR) is 98.7 cm³/mol. The first-order valence-corrected chi connectivity index (χ1v) is 8.48. The molecule has 1 atom stereocenters. The highest BCUT2D eigenvalue weighted by Crippen LogP contribution is 2.37. The number of allylic oxidation sites excluding steroid dienone is 1. The second kappa shape index (κ2) is 6.22. The molecular formula is C19H13BrN2O3. The lowest BCUT2D eigenvalue weighted by Crippen LogP contribution is -2.30. The lowest BCUT2D eigenvalue weighted by Gasteiger charge is -2.24. The molecule has 2 N–H and O–H groups in total. The molecule has 1 aliphatic rings. The normalized spacial score (nSPS) is 15.9. The van der Waals surface area contributed by atoms with Crippen molar-refractivity contribution >= 4 is 21.7 Å². The number of rotatable bonds is 2. The maximum Gasteiger partial charge on any atom is 0.328 e. The number of aromatic amines is 2. The zero-order valence-electron chi connectivity index (χ0n) is 13.0. The van der Waals surface area contributed by atoms with E-state index < -0.39 is 11.2 Å². The van der Waals surface area contributed by atoms with Crippen molar-refractivity contribution < 1.29 is 4.74 Å². The van der Waals surface area contributed by atoms with E-state index >= 15 is 0 Å². The van der Waals surface area contributed by atoms with Crippen molar-refractivity contribution in [2.75, 3.05) is 0 Å². The number of benzene rings is 2. The molecular weight excluding hydrogens is 384 g/mol. The Morgan fingerprint density at radius 3 is 2.36 bits per heavy atom. The van der Waals surface area contributed by atoms with Gasteiger partial charge in [0.25, 0.3) is 5.56 Å². The summed E-state index contributed by atoms with van der Waals surface area (Å²) < 4.78 is 6.78. The summed E-state index contributed by atoms with van der Waals surface area (Å²) >= 11 is 3.42. The lowest BCUT2D eigenvalue weighted by molar-refractivity contribution is 0.464. The summed E-state index contributed by atoms with van der Waals surface area (Å²) in [6.07, 6.45) is 1.90. The van der Waals surface area contributed by atoms with Crippen LogP contribution in [0.4, 0.5) is 0 Å². The van der Waals surface area contributed by atoms with Gasteiger partial charge in [-0.15, -0.1) is 0 Å². The van der Waals surface area contributed by atoms with E-state index in [1.807, 2.05) is 60.7 Å². The highest BCUT2D eigenvalue weighted by molar-refractivity contribution is 9.10. The van der Waals surface area contributed by atoms with Crippen LogP contribution in [0.15, 0.2) is 74.7 Å². The van der Waals surface area contributed by atoms with Crippen LogP contribution < -0.4 is 16.0 Å². The van der Waals surface area contributed by atoms with Crippen molar-refractivity contribution in [3.05, 3.63) is 103 Å². The van der Waals surface area contributed by atoms with E-state index in [1.165, 1.54) is 0 Å². The van der Waals surface area contributed by atoms with Gasteiger partial charge in [-0.25, -0.2) is 4.79 Å². The number of fused-ring (bicyclic) bond motifs is 1. The molecule has 5 nitrogen and oxygen atoms in total. The van der Waals surface area contributed by atoms with E-state index in [1.54, 1.807) is 0 Å². The Morgan fingerprint density at radius 1 is 0.920 bits per heavy atom. The number of aromatic nitrogens is 2. The van der Waals surface area contributed by atoms with Gasteiger partial charge in [-0.1, -0.05) is 58.4 Å². The van der Waals surface area contributed by atoms with Crippen LogP contribution in [0.2, 0.25) is 0 Å². The summed E-state index contributed by atoms with van der Waals surface area (Å²) in [6.45, 7) is 0. The minimum Gasteiger partial charge on any atom is -0.440 e. The lowest BCUT2D eigenvalue weighted by atomic mass is 9.89. The Kier molecular flexibility index (Phi) is 3.89. The van der Waals surface area contributed by atoms with Gasteiger partial charge in [0.1, 0.15) is 5.76 Å². The Labute approximate surface area is 151 Å². The summed E-state index contributed by atoms with van der Waals surface area (Å²) in [5, 5.41) is 0. The third kappa shape index (κ3) is 2.96. The first-order chi connectivity index (χ1) is 12.1. The molecule has 25 heavy (non-hydrogen) atoms. The van der Waals surface area contributed by atoms with Crippen molar-refractivity contribution in [2.45, 2.75) is 5.92 Å². The monoisotopic (exact) mass is 396 g/mol. The molecule has 1 aromatic heterocycles. The fourth-order valence-corrected chi connectivity index (χ4v) is 3.17. The van der Waals surface area contributed by atoms with Crippen LogP contribution in [0.3, 0.4) is 0 Å². The molecule has 0 fully saturated rings. The van der Waals surface area contributed by atoms with Gasteiger partial charge in [0.05, 0.1) is 5.56 Å². The van der Waals surface area contributed by atoms with E-state index in [0.29, 0.717) is 11.3 Å². The molecule has 6 heteroatoms. The molecule has 2 heterocycles. The van der Waals surface area contributed by atoms with Crippen molar-refractivity contribution in [3.63, 3.8) is 0 Å². The number of hydrogen-bond donors (Lipinski definition) is 2. The van der Waals surface area contributed by atoms with Crippen LogP contribution in [0.25, 0.3) is 5.76 Å². The third-order valence-corrected chi connectivity index (χ3v) is 4.60. The first-order valence-electron chi connectivity index (χ1n) is 7.69. The maximum atomic E-state index is 12.4. The van der Waals surface area contributed by atoms with Gasteiger partial charge in [-0.05, 0) is 23.8 Å². The average molecular weight is 397 g/mol. The summed E-state index contributed by atoms with van der Waals surface area (Å²) in [4.78, 5) is 28.9. The number of nitrogens with one attached hydrogen (secondary N) is 2. The molecule has 4 rings (SSSR count). The second-order valence-electron chi connectivity index (χ2n) is 5.68. The van der Waals surface area contributed by atoms with Crippen LogP contribution in [-0.4, -0.2) is 9.97 Å². The molecule has 0 spiro atoms. The van der Waals surface area contributed by atoms with Gasteiger partial charge in [0.15, 0.2) is 0 Å². The minimum absolute atomic E-state index is 0.183. The number of halogens is 1. The molecule has 2 aromatic carbocycles. The molecule has 1 aliphatic heterocycles. The molecule has 0 aliphatic carbocycles. The van der Waals surface area contributed by atoms with Gasteiger partial charge >= 0.3 is 5.69 Å². The van der Waals surface area contributed by atoms with Crippen molar-refractivity contribution in [1.82, 2.24) is 9.97 Å². The second-order valence-corrected chi connectivity index (χ2v) is 6.59. The quantitative estimate of drug-likeness (QED) is 0.696. The van der Waals surface area contributed by atoms with Gasteiger partial charge in [-0.2, -0.15) is 0 Å². The topological polar surface area (TPSA) is 75.0 Å². The van der Waals surface area contributed by atoms with Crippen molar-refractivity contribution in [2.24, 2.45) is 0 Å². The number of H-pyrrole nitrogens is 2. The SMILES string of the molecule is O=c1[nH]c2c(c(=O)[nH]1)C(c1ccc(Br)cc1)C=C(c1ccccc1)O2. The summed E-state index contributed by atoms with van der Waals surface area (Å²) in [6, 6.07) is 17.3. The molecule has 0 radical (unpaired) electrons. The molecule has 0 saturated heterocycles. The van der Waals surface area contributed by atoms with Crippen molar-refractivity contribution in [3.8, 4) is 5.88 Å². The zero-order valence-corrected chi connectivity index (χ0v) is 14.5. The Bertz CT molecular complexity index is 1070. The van der Waals surface area contributed by atoms with Crippen LogP contribution in [0, 0.1) is 0 Å². The largest absolute Gasteiger partial charge is 0.440 e. The highest BCUT2D eigenvalue weighted by atomic mass is 79.9. The van der Waals surface area contributed by atoms with Gasteiger partial charge in [0.2, 0.25) is 5.88 Å². The van der Waals surface area contributed by atoms with E-state index in [4.69, 9.17) is 4.74 Å². The zero-order chi connectivity index (χ0) is 17.4. The fraction of sp³-hybridized carbons (Fsp3) is 0.0526. The predicted octanol–water partition coefficient (Wildman–Crippen LogP) is 3.39. The van der Waals surface area contributed by atoms with E-state index in [9.17, 15) is 9.59 Å². The summed E-state index contributed by atoms with van der Waals surface area (Å²) in [5.74, 6) is 0.456. The van der Waals surface area contributed by atoms with Crippen LogP contribution in [-0.2, 0) is 0 Å². The van der Waals surface area contributed by atoms with E-state index in [2.05, 4.69) is 25.9 Å². The Hall–Kier alpha value is -2.86. The fourth-order valence-electron chi connectivity index (χ4n) is 2.91. The minimum atomic E-state index is -0.590.